The SMILES string of the molecule is CN(CC(N)=NO)C(=O)C1CCC2CCCCC2C1. The number of nitrogens with two attached hydrogens (primary N) is 1. The van der Waals surface area contributed by atoms with Crippen molar-refractivity contribution in [3.8, 4) is 0 Å². The first-order valence-corrected chi connectivity index (χ1v) is 7.33. The molecule has 2 aliphatic carbocycles. The van der Waals surface area contributed by atoms with Crippen LogP contribution in [0, 0.1) is 17.8 Å². The maximum Gasteiger partial charge on any atom is 0.225 e. The van der Waals surface area contributed by atoms with Gasteiger partial charge in [0.15, 0.2) is 5.84 Å². The highest BCUT2D eigenvalue weighted by Crippen LogP contribution is 2.42. The normalized spacial score (nSPS) is 31.6. The predicted octanol–water partition coefficient (Wildman–Crippen LogP) is 1.80. The van der Waals surface area contributed by atoms with Crippen LogP contribution in [0.3, 0.4) is 0 Å². The van der Waals surface area contributed by atoms with Crippen LogP contribution < -0.4 is 5.73 Å². The van der Waals surface area contributed by atoms with Gasteiger partial charge in [0.05, 0.1) is 6.54 Å². The summed E-state index contributed by atoms with van der Waals surface area (Å²) in [6.07, 6.45) is 8.55. The minimum absolute atomic E-state index is 0.0854. The third-order valence-electron chi connectivity index (χ3n) is 4.79. The van der Waals surface area contributed by atoms with Crippen LogP contribution in [-0.2, 0) is 4.79 Å². The molecule has 5 nitrogen and oxygen atoms in total. The number of likely N-dealkylation sites (N-methyl/N-ethyl adjacent to an activating group) is 1. The molecule has 0 spiro atoms. The summed E-state index contributed by atoms with van der Waals surface area (Å²) >= 11 is 0. The van der Waals surface area contributed by atoms with Crippen molar-refractivity contribution in [2.45, 2.75) is 44.9 Å². The molecular formula is C14H25N3O2. The van der Waals surface area contributed by atoms with Gasteiger partial charge in [-0.1, -0.05) is 30.8 Å². The summed E-state index contributed by atoms with van der Waals surface area (Å²) in [6, 6.07) is 0. The molecule has 0 aromatic rings. The van der Waals surface area contributed by atoms with E-state index < -0.39 is 0 Å². The van der Waals surface area contributed by atoms with Crippen molar-refractivity contribution in [3.05, 3.63) is 0 Å². The summed E-state index contributed by atoms with van der Waals surface area (Å²) in [7, 11) is 1.73. The molecule has 0 radical (unpaired) electrons. The summed E-state index contributed by atoms with van der Waals surface area (Å²) < 4.78 is 0. The second-order valence-electron chi connectivity index (χ2n) is 6.10. The van der Waals surface area contributed by atoms with E-state index in [4.69, 9.17) is 10.9 Å². The molecule has 1 amide bonds. The third kappa shape index (κ3) is 3.39. The Balaban J connectivity index is 1.89. The van der Waals surface area contributed by atoms with Gasteiger partial charge in [0.2, 0.25) is 5.91 Å². The minimum Gasteiger partial charge on any atom is -0.409 e. The summed E-state index contributed by atoms with van der Waals surface area (Å²) in [4.78, 5) is 13.9. The van der Waals surface area contributed by atoms with Gasteiger partial charge in [-0.15, -0.1) is 0 Å². The lowest BCUT2D eigenvalue weighted by Crippen LogP contribution is -2.41. The molecule has 0 aromatic carbocycles. The number of amidine groups is 1. The second kappa shape index (κ2) is 6.26. The van der Waals surface area contributed by atoms with E-state index in [9.17, 15) is 4.79 Å². The molecule has 0 aromatic heterocycles. The van der Waals surface area contributed by atoms with Gasteiger partial charge in [0.25, 0.3) is 0 Å². The lowest BCUT2D eigenvalue weighted by atomic mass is 9.67. The monoisotopic (exact) mass is 267 g/mol. The van der Waals surface area contributed by atoms with Gasteiger partial charge in [-0.3, -0.25) is 4.79 Å². The Morgan fingerprint density at radius 3 is 2.63 bits per heavy atom. The Bertz CT molecular complexity index is 357. The molecule has 0 saturated heterocycles. The number of amides is 1. The topological polar surface area (TPSA) is 78.9 Å². The van der Waals surface area contributed by atoms with Crippen molar-refractivity contribution in [3.63, 3.8) is 0 Å². The molecule has 3 unspecified atom stereocenters. The fourth-order valence-corrected chi connectivity index (χ4v) is 3.76. The van der Waals surface area contributed by atoms with E-state index in [1.807, 2.05) is 0 Å². The molecule has 3 atom stereocenters. The Morgan fingerprint density at radius 2 is 1.95 bits per heavy atom. The fraction of sp³-hybridized carbons (Fsp3) is 0.857. The first-order valence-electron chi connectivity index (χ1n) is 7.33. The number of fused-ring (bicyclic) bond motifs is 1. The highest BCUT2D eigenvalue weighted by molar-refractivity contribution is 5.87. The fourth-order valence-electron chi connectivity index (χ4n) is 3.76. The lowest BCUT2D eigenvalue weighted by molar-refractivity contribution is -0.135. The standard InChI is InChI=1S/C14H25N3O2/c1-17(9-13(15)16-19)14(18)12-7-6-10-4-2-3-5-11(10)8-12/h10-12,19H,2-9H2,1H3,(H2,15,16). The quantitative estimate of drug-likeness (QED) is 0.354. The maximum atomic E-state index is 12.4. The van der Waals surface area contributed by atoms with Crippen LogP contribution in [0.2, 0.25) is 0 Å². The van der Waals surface area contributed by atoms with Gasteiger partial charge in [-0.2, -0.15) is 0 Å². The van der Waals surface area contributed by atoms with Crippen molar-refractivity contribution < 1.29 is 10.0 Å². The first-order chi connectivity index (χ1) is 9.11. The van der Waals surface area contributed by atoms with Crippen LogP contribution in [0.1, 0.15) is 44.9 Å². The van der Waals surface area contributed by atoms with Gasteiger partial charge < -0.3 is 15.8 Å². The Kier molecular flexibility index (Phi) is 4.66. The van der Waals surface area contributed by atoms with Crippen LogP contribution in [-0.4, -0.2) is 35.4 Å². The van der Waals surface area contributed by atoms with E-state index >= 15 is 0 Å². The van der Waals surface area contributed by atoms with E-state index in [0.717, 1.165) is 24.7 Å². The van der Waals surface area contributed by atoms with Crippen molar-refractivity contribution in [2.24, 2.45) is 28.6 Å². The smallest absolute Gasteiger partial charge is 0.225 e. The zero-order chi connectivity index (χ0) is 13.8. The number of carbonyl (C=O) groups is 1. The van der Waals surface area contributed by atoms with E-state index in [1.54, 1.807) is 11.9 Å². The number of hydrogen-bond acceptors (Lipinski definition) is 3. The molecule has 108 valence electrons. The molecule has 0 aliphatic heterocycles. The molecule has 2 rings (SSSR count). The van der Waals surface area contributed by atoms with E-state index in [2.05, 4.69) is 5.16 Å². The highest BCUT2D eigenvalue weighted by Gasteiger charge is 2.35. The Hall–Kier alpha value is -1.26. The summed E-state index contributed by atoms with van der Waals surface area (Å²) in [5, 5.41) is 11.5. The van der Waals surface area contributed by atoms with E-state index in [-0.39, 0.29) is 24.2 Å². The van der Waals surface area contributed by atoms with Crippen molar-refractivity contribution in [1.82, 2.24) is 4.90 Å². The van der Waals surface area contributed by atoms with Crippen LogP contribution >= 0.6 is 0 Å². The second-order valence-corrected chi connectivity index (χ2v) is 6.10. The molecule has 0 bridgehead atoms. The lowest BCUT2D eigenvalue weighted by Gasteiger charge is -2.39. The molecule has 3 N–H and O–H groups in total. The highest BCUT2D eigenvalue weighted by atomic mass is 16.4. The van der Waals surface area contributed by atoms with Gasteiger partial charge in [-0.05, 0) is 31.1 Å². The molecule has 2 fully saturated rings. The molecule has 2 saturated carbocycles. The molecule has 0 heterocycles. The number of oxime groups is 1. The third-order valence-corrected chi connectivity index (χ3v) is 4.79. The molecular weight excluding hydrogens is 242 g/mol. The largest absolute Gasteiger partial charge is 0.409 e. The van der Waals surface area contributed by atoms with Crippen LogP contribution in [0.5, 0.6) is 0 Å². The van der Waals surface area contributed by atoms with Gasteiger partial charge in [-0.25, -0.2) is 0 Å². The Morgan fingerprint density at radius 1 is 1.26 bits per heavy atom. The van der Waals surface area contributed by atoms with Gasteiger partial charge >= 0.3 is 0 Å². The summed E-state index contributed by atoms with van der Waals surface area (Å²) in [5.74, 6) is 1.97. The molecule has 2 aliphatic rings. The first kappa shape index (κ1) is 14.2. The summed E-state index contributed by atoms with van der Waals surface area (Å²) in [5.41, 5.74) is 5.45. The van der Waals surface area contributed by atoms with Crippen LogP contribution in [0.4, 0.5) is 0 Å². The zero-order valence-electron chi connectivity index (χ0n) is 11.7. The van der Waals surface area contributed by atoms with Crippen LogP contribution in [0.15, 0.2) is 5.16 Å². The summed E-state index contributed by atoms with van der Waals surface area (Å²) in [6.45, 7) is 0.208. The van der Waals surface area contributed by atoms with Crippen LogP contribution in [0.25, 0.3) is 0 Å². The number of rotatable bonds is 3. The molecule has 5 heteroatoms. The average Bonchev–Trinajstić information content (AvgIpc) is 2.45. The number of hydrogen-bond donors (Lipinski definition) is 2. The van der Waals surface area contributed by atoms with E-state index in [0.29, 0.717) is 0 Å². The number of carbonyl (C=O) groups excluding carboxylic acids is 1. The maximum absolute atomic E-state index is 12.4. The Labute approximate surface area is 114 Å². The van der Waals surface area contributed by atoms with Crippen molar-refractivity contribution in [2.75, 3.05) is 13.6 Å². The minimum atomic E-state index is 0.0854. The van der Waals surface area contributed by atoms with Crippen molar-refractivity contribution in [1.29, 1.82) is 0 Å². The predicted molar refractivity (Wildman–Crippen MR) is 73.8 cm³/mol. The zero-order valence-corrected chi connectivity index (χ0v) is 11.7. The average molecular weight is 267 g/mol. The van der Waals surface area contributed by atoms with E-state index in [1.165, 1.54) is 32.1 Å². The van der Waals surface area contributed by atoms with Crippen molar-refractivity contribution >= 4 is 11.7 Å². The van der Waals surface area contributed by atoms with Gasteiger partial charge in [0.1, 0.15) is 0 Å². The number of nitrogens with zero attached hydrogens (tertiary/aromatic N) is 2. The van der Waals surface area contributed by atoms with Gasteiger partial charge in [0, 0.05) is 13.0 Å². The molecule has 19 heavy (non-hydrogen) atoms.